The van der Waals surface area contributed by atoms with Crippen LogP contribution in [0.2, 0.25) is 0 Å². The molecular weight excluding hydrogens is 408 g/mol. The largest absolute Gasteiger partial charge is 0.497 e. The highest BCUT2D eigenvalue weighted by molar-refractivity contribution is 7.89. The van der Waals surface area contributed by atoms with Gasteiger partial charge in [0.15, 0.2) is 6.10 Å². The van der Waals surface area contributed by atoms with Gasteiger partial charge in [-0.2, -0.15) is 4.31 Å². The minimum absolute atomic E-state index is 0.109. The van der Waals surface area contributed by atoms with E-state index < -0.39 is 21.7 Å². The first-order valence-corrected chi connectivity index (χ1v) is 11.3. The number of fused-ring (bicyclic) bond motifs is 2. The summed E-state index contributed by atoms with van der Waals surface area (Å²) in [4.78, 5) is 18.8. The van der Waals surface area contributed by atoms with Crippen molar-refractivity contribution in [3.05, 3.63) is 42.5 Å². The number of sulfonamides is 1. The number of aromatic nitrogens is 2. The molecule has 1 amide bonds. The number of hydrogen-bond donors (Lipinski definition) is 0. The smallest absolute Gasteiger partial charge is 0.253 e. The van der Waals surface area contributed by atoms with Crippen molar-refractivity contribution in [1.82, 2.24) is 18.8 Å². The fourth-order valence-corrected chi connectivity index (χ4v) is 5.58. The molecule has 0 N–H and O–H groups in total. The fraction of sp³-hybridized carbons (Fsp3) is 0.500. The summed E-state index contributed by atoms with van der Waals surface area (Å²) >= 11 is 0. The Balaban J connectivity index is 1.56. The van der Waals surface area contributed by atoms with Crippen LogP contribution in [0, 0.1) is 0 Å². The van der Waals surface area contributed by atoms with Gasteiger partial charge in [0, 0.05) is 39.6 Å². The first-order chi connectivity index (χ1) is 14.3. The summed E-state index contributed by atoms with van der Waals surface area (Å²) in [5.74, 6) is 1.25. The van der Waals surface area contributed by atoms with E-state index in [9.17, 15) is 13.2 Å². The lowest BCUT2D eigenvalue weighted by molar-refractivity contribution is -0.177. The van der Waals surface area contributed by atoms with Crippen molar-refractivity contribution in [2.24, 2.45) is 0 Å². The van der Waals surface area contributed by atoms with E-state index in [1.165, 1.54) is 16.3 Å². The van der Waals surface area contributed by atoms with Crippen LogP contribution in [0.5, 0.6) is 5.75 Å². The van der Waals surface area contributed by atoms with Crippen molar-refractivity contribution in [3.63, 3.8) is 0 Å². The minimum Gasteiger partial charge on any atom is -0.497 e. The van der Waals surface area contributed by atoms with Gasteiger partial charge >= 0.3 is 0 Å². The van der Waals surface area contributed by atoms with Crippen LogP contribution in [0.3, 0.4) is 0 Å². The highest BCUT2D eigenvalue weighted by Crippen LogP contribution is 2.41. The second kappa shape index (κ2) is 7.68. The molecule has 1 saturated heterocycles. The van der Waals surface area contributed by atoms with Gasteiger partial charge in [-0.25, -0.2) is 13.4 Å². The van der Waals surface area contributed by atoms with Gasteiger partial charge in [-0.15, -0.1) is 0 Å². The first-order valence-electron chi connectivity index (χ1n) is 9.82. The summed E-state index contributed by atoms with van der Waals surface area (Å²) < 4.78 is 41.0. The van der Waals surface area contributed by atoms with Crippen LogP contribution >= 0.6 is 0 Å². The van der Waals surface area contributed by atoms with Crippen LogP contribution in [0.15, 0.2) is 41.6 Å². The normalized spacial score (nSPS) is 21.2. The van der Waals surface area contributed by atoms with Crippen molar-refractivity contribution >= 4 is 15.9 Å². The number of likely N-dealkylation sites (N-methyl/N-ethyl adjacent to an activating group) is 1. The van der Waals surface area contributed by atoms with E-state index in [-0.39, 0.29) is 23.9 Å². The third-order valence-corrected chi connectivity index (χ3v) is 7.71. The third kappa shape index (κ3) is 3.48. The third-order valence-electron chi connectivity index (χ3n) is 5.80. The van der Waals surface area contributed by atoms with E-state index in [2.05, 4.69) is 4.98 Å². The highest BCUT2D eigenvalue weighted by Gasteiger charge is 2.48. The quantitative estimate of drug-likeness (QED) is 0.714. The number of ether oxygens (including phenoxy) is 2. The van der Waals surface area contributed by atoms with E-state index in [1.54, 1.807) is 44.6 Å². The van der Waals surface area contributed by atoms with E-state index >= 15 is 0 Å². The lowest BCUT2D eigenvalue weighted by Crippen LogP contribution is -2.54. The van der Waals surface area contributed by atoms with Crippen LogP contribution in [-0.4, -0.2) is 73.5 Å². The predicted octanol–water partition coefficient (Wildman–Crippen LogP) is 1.06. The Morgan fingerprint density at radius 2 is 1.90 bits per heavy atom. The van der Waals surface area contributed by atoms with Crippen LogP contribution in [0.1, 0.15) is 18.7 Å². The maximum absolute atomic E-state index is 13.1. The molecule has 2 aliphatic heterocycles. The Kier molecular flexibility index (Phi) is 5.33. The number of piperidine rings is 1. The van der Waals surface area contributed by atoms with Gasteiger partial charge in [-0.1, -0.05) is 0 Å². The van der Waals surface area contributed by atoms with Crippen LogP contribution in [-0.2, 0) is 31.7 Å². The van der Waals surface area contributed by atoms with Gasteiger partial charge in [-0.05, 0) is 37.1 Å². The van der Waals surface area contributed by atoms with Gasteiger partial charge in [0.25, 0.3) is 5.91 Å². The van der Waals surface area contributed by atoms with Crippen LogP contribution in [0.4, 0.5) is 0 Å². The Morgan fingerprint density at radius 1 is 1.23 bits per heavy atom. The second-order valence-corrected chi connectivity index (χ2v) is 9.75. The number of carbonyl (C=O) groups is 1. The molecule has 0 radical (unpaired) electrons. The van der Waals surface area contributed by atoms with Crippen molar-refractivity contribution in [3.8, 4) is 5.75 Å². The number of imidazole rings is 1. The van der Waals surface area contributed by atoms with E-state index in [0.717, 1.165) is 5.82 Å². The molecule has 1 atom stereocenters. The summed E-state index contributed by atoms with van der Waals surface area (Å²) in [6, 6.07) is 6.37. The molecule has 10 heteroatoms. The zero-order valence-corrected chi connectivity index (χ0v) is 18.1. The standard InChI is InChI=1S/C20H26N4O5S/c1-22(2)18(25)17-14-23-13-10-21-19(23)20(29-17)8-11-24(12-9-20)30(26,27)16-6-4-15(28-3)5-7-16/h4-7,10,13,17H,8-9,11-12,14H2,1-3H3/t17-/m0/s1. The van der Waals surface area contributed by atoms with Crippen LogP contribution in [0.25, 0.3) is 0 Å². The maximum atomic E-state index is 13.1. The average Bonchev–Trinajstić information content (AvgIpc) is 3.23. The number of carbonyl (C=O) groups excluding carboxylic acids is 1. The molecule has 4 rings (SSSR count). The molecular formula is C20H26N4O5S. The Labute approximate surface area is 176 Å². The minimum atomic E-state index is -3.63. The van der Waals surface area contributed by atoms with E-state index in [4.69, 9.17) is 9.47 Å². The molecule has 30 heavy (non-hydrogen) atoms. The van der Waals surface area contributed by atoms with Gasteiger partial charge in [-0.3, -0.25) is 4.79 Å². The Hall–Kier alpha value is -2.43. The summed E-state index contributed by atoms with van der Waals surface area (Å²) in [6.45, 7) is 0.968. The molecule has 1 fully saturated rings. The molecule has 1 aromatic heterocycles. The van der Waals surface area contributed by atoms with E-state index in [0.29, 0.717) is 25.1 Å². The summed E-state index contributed by atoms with van der Waals surface area (Å²) in [5, 5.41) is 0. The summed E-state index contributed by atoms with van der Waals surface area (Å²) in [7, 11) is 1.31. The van der Waals surface area contributed by atoms with Gasteiger partial charge in [0.05, 0.1) is 18.6 Å². The molecule has 0 saturated carbocycles. The monoisotopic (exact) mass is 434 g/mol. The second-order valence-electron chi connectivity index (χ2n) is 7.82. The lowest BCUT2D eigenvalue weighted by Gasteiger charge is -2.45. The highest BCUT2D eigenvalue weighted by atomic mass is 32.2. The predicted molar refractivity (Wildman–Crippen MR) is 108 cm³/mol. The lowest BCUT2D eigenvalue weighted by atomic mass is 9.89. The number of rotatable bonds is 4. The Morgan fingerprint density at radius 3 is 2.50 bits per heavy atom. The number of hydrogen-bond acceptors (Lipinski definition) is 6. The average molecular weight is 435 g/mol. The van der Waals surface area contributed by atoms with Crippen molar-refractivity contribution in [2.75, 3.05) is 34.3 Å². The van der Waals surface area contributed by atoms with Crippen molar-refractivity contribution in [1.29, 1.82) is 0 Å². The molecule has 162 valence electrons. The number of amides is 1. The Bertz CT molecular complexity index is 1020. The van der Waals surface area contributed by atoms with Gasteiger partial charge in [0.1, 0.15) is 17.2 Å². The molecule has 9 nitrogen and oxygen atoms in total. The fourth-order valence-electron chi connectivity index (χ4n) is 4.14. The molecule has 0 bridgehead atoms. The molecule has 2 aliphatic rings. The number of methoxy groups -OCH3 is 1. The first kappa shape index (κ1) is 20.8. The topological polar surface area (TPSA) is 94.0 Å². The molecule has 1 aromatic carbocycles. The zero-order valence-electron chi connectivity index (χ0n) is 17.3. The SMILES string of the molecule is COc1ccc(S(=O)(=O)N2CCC3(CC2)O[C@H](C(=O)N(C)C)Cn2ccnc23)cc1. The molecule has 1 spiro atoms. The molecule has 2 aromatic rings. The zero-order chi connectivity index (χ0) is 21.5. The molecule has 0 unspecified atom stereocenters. The van der Waals surface area contributed by atoms with Crippen LogP contribution < -0.4 is 4.74 Å². The van der Waals surface area contributed by atoms with Gasteiger partial charge in [0.2, 0.25) is 10.0 Å². The number of benzene rings is 1. The van der Waals surface area contributed by atoms with Crippen molar-refractivity contribution < 1.29 is 22.7 Å². The van der Waals surface area contributed by atoms with Crippen molar-refractivity contribution in [2.45, 2.75) is 36.0 Å². The van der Waals surface area contributed by atoms with E-state index in [1.807, 2.05) is 10.8 Å². The summed E-state index contributed by atoms with van der Waals surface area (Å²) in [6.07, 6.45) is 3.78. The molecule has 3 heterocycles. The van der Waals surface area contributed by atoms with Gasteiger partial charge < -0.3 is 18.9 Å². The maximum Gasteiger partial charge on any atom is 0.253 e. The molecule has 0 aliphatic carbocycles. The number of nitrogens with zero attached hydrogens (tertiary/aromatic N) is 4. The summed E-state index contributed by atoms with van der Waals surface area (Å²) in [5.41, 5.74) is -0.774.